The van der Waals surface area contributed by atoms with Crippen LogP contribution in [0.25, 0.3) is 5.57 Å². The number of hydrogen-bond donors (Lipinski definition) is 0. The fourth-order valence-corrected chi connectivity index (χ4v) is 3.31. The molecular weight excluding hydrogens is 319 g/mol. The normalized spacial score (nSPS) is 19.4. The summed E-state index contributed by atoms with van der Waals surface area (Å²) in [6.07, 6.45) is 0.870. The Morgan fingerprint density at radius 3 is 1.81 bits per heavy atom. The molecular formula is C23H29BO2. The first kappa shape index (κ1) is 18.9. The molecule has 0 atom stereocenters. The summed E-state index contributed by atoms with van der Waals surface area (Å²) in [5.74, 6) is 0. The van der Waals surface area contributed by atoms with E-state index in [1.165, 1.54) is 27.7 Å². The Labute approximate surface area is 158 Å². The average Bonchev–Trinajstić information content (AvgIpc) is 2.82. The second-order valence-electron chi connectivity index (χ2n) is 8.07. The van der Waals surface area contributed by atoms with Crippen molar-refractivity contribution in [3.63, 3.8) is 0 Å². The van der Waals surface area contributed by atoms with E-state index >= 15 is 0 Å². The van der Waals surface area contributed by atoms with Crippen molar-refractivity contribution in [1.29, 1.82) is 0 Å². The van der Waals surface area contributed by atoms with E-state index in [1.54, 1.807) is 0 Å². The summed E-state index contributed by atoms with van der Waals surface area (Å²) >= 11 is 0. The summed E-state index contributed by atoms with van der Waals surface area (Å²) in [5.41, 5.74) is 5.39. The van der Waals surface area contributed by atoms with Gasteiger partial charge in [-0.05, 0) is 63.2 Å². The van der Waals surface area contributed by atoms with E-state index in [1.807, 2.05) is 0 Å². The van der Waals surface area contributed by atoms with Crippen LogP contribution >= 0.6 is 0 Å². The van der Waals surface area contributed by atoms with Gasteiger partial charge < -0.3 is 9.31 Å². The van der Waals surface area contributed by atoms with E-state index in [0.29, 0.717) is 0 Å². The first-order chi connectivity index (χ1) is 12.2. The lowest BCUT2D eigenvalue weighted by Gasteiger charge is -2.32. The maximum Gasteiger partial charge on any atom is 0.491 e. The van der Waals surface area contributed by atoms with Gasteiger partial charge in [-0.3, -0.25) is 0 Å². The standard InChI is InChI=1S/C23H29BO2/c1-7-20(24-25-22(3,4)23(5,6)26-24)21(18-11-9-8-10-12-18)19-15-13-17(2)14-16-19/h8-16H,7H2,1-6H3/b21-20+. The highest BCUT2D eigenvalue weighted by Crippen LogP contribution is 2.41. The largest absolute Gasteiger partial charge is 0.491 e. The van der Waals surface area contributed by atoms with Crippen LogP contribution in [0, 0.1) is 6.92 Å². The summed E-state index contributed by atoms with van der Waals surface area (Å²) < 4.78 is 12.8. The Morgan fingerprint density at radius 2 is 1.31 bits per heavy atom. The van der Waals surface area contributed by atoms with Crippen LogP contribution in [0.15, 0.2) is 60.1 Å². The fourth-order valence-electron chi connectivity index (χ4n) is 3.31. The lowest BCUT2D eigenvalue weighted by atomic mass is 9.71. The first-order valence-corrected chi connectivity index (χ1v) is 9.46. The average molecular weight is 348 g/mol. The van der Waals surface area contributed by atoms with Crippen molar-refractivity contribution in [2.75, 3.05) is 0 Å². The minimum absolute atomic E-state index is 0.332. The highest BCUT2D eigenvalue weighted by molar-refractivity contribution is 6.56. The van der Waals surface area contributed by atoms with Gasteiger partial charge in [0.2, 0.25) is 0 Å². The molecule has 0 radical (unpaired) electrons. The molecule has 1 saturated heterocycles. The Bertz CT molecular complexity index is 773. The third-order valence-electron chi connectivity index (χ3n) is 5.64. The molecule has 2 aromatic rings. The van der Waals surface area contributed by atoms with E-state index < -0.39 is 0 Å². The molecule has 1 aliphatic heterocycles. The monoisotopic (exact) mass is 348 g/mol. The molecule has 0 aliphatic carbocycles. The number of aryl methyl sites for hydroxylation is 1. The van der Waals surface area contributed by atoms with Crippen LogP contribution in [0.2, 0.25) is 0 Å². The number of hydrogen-bond acceptors (Lipinski definition) is 2. The van der Waals surface area contributed by atoms with Gasteiger partial charge in [0, 0.05) is 0 Å². The van der Waals surface area contributed by atoms with Crippen molar-refractivity contribution in [3.8, 4) is 0 Å². The smallest absolute Gasteiger partial charge is 0.400 e. The Morgan fingerprint density at radius 1 is 0.808 bits per heavy atom. The molecule has 2 nitrogen and oxygen atoms in total. The molecule has 26 heavy (non-hydrogen) atoms. The van der Waals surface area contributed by atoms with Gasteiger partial charge in [-0.1, -0.05) is 67.1 Å². The van der Waals surface area contributed by atoms with Crippen LogP contribution in [0.1, 0.15) is 57.7 Å². The first-order valence-electron chi connectivity index (χ1n) is 9.46. The predicted molar refractivity (Wildman–Crippen MR) is 110 cm³/mol. The van der Waals surface area contributed by atoms with Gasteiger partial charge in [0.25, 0.3) is 0 Å². The summed E-state index contributed by atoms with van der Waals surface area (Å²) in [7, 11) is -0.332. The lowest BCUT2D eigenvalue weighted by Crippen LogP contribution is -2.41. The minimum Gasteiger partial charge on any atom is -0.400 e. The van der Waals surface area contributed by atoms with Crippen LogP contribution < -0.4 is 0 Å². The zero-order chi connectivity index (χ0) is 18.9. The zero-order valence-corrected chi connectivity index (χ0v) is 16.8. The maximum absolute atomic E-state index is 6.38. The van der Waals surface area contributed by atoms with Gasteiger partial charge in [0.05, 0.1) is 11.2 Å². The third kappa shape index (κ3) is 3.51. The van der Waals surface area contributed by atoms with E-state index in [4.69, 9.17) is 9.31 Å². The van der Waals surface area contributed by atoms with Gasteiger partial charge in [0.15, 0.2) is 0 Å². The number of allylic oxidation sites excluding steroid dienone is 1. The summed E-state index contributed by atoms with van der Waals surface area (Å²) in [6.45, 7) is 12.7. The van der Waals surface area contributed by atoms with Crippen LogP contribution in [-0.4, -0.2) is 18.3 Å². The molecule has 3 rings (SSSR count). The third-order valence-corrected chi connectivity index (χ3v) is 5.64. The van der Waals surface area contributed by atoms with Crippen LogP contribution in [0.5, 0.6) is 0 Å². The molecule has 0 spiro atoms. The number of benzene rings is 2. The quantitative estimate of drug-likeness (QED) is 0.647. The zero-order valence-electron chi connectivity index (χ0n) is 16.8. The molecule has 0 bridgehead atoms. The predicted octanol–water partition coefficient (Wildman–Crippen LogP) is 5.84. The minimum atomic E-state index is -0.340. The Kier molecular flexibility index (Phi) is 5.14. The van der Waals surface area contributed by atoms with Crippen LogP contribution in [0.3, 0.4) is 0 Å². The number of rotatable bonds is 4. The van der Waals surface area contributed by atoms with E-state index in [0.717, 1.165) is 6.42 Å². The molecule has 0 aromatic heterocycles. The Hall–Kier alpha value is -1.84. The van der Waals surface area contributed by atoms with E-state index in [-0.39, 0.29) is 18.3 Å². The highest BCUT2D eigenvalue weighted by atomic mass is 16.7. The molecule has 2 aromatic carbocycles. The second kappa shape index (κ2) is 7.05. The van der Waals surface area contributed by atoms with Crippen LogP contribution in [0.4, 0.5) is 0 Å². The van der Waals surface area contributed by atoms with Gasteiger partial charge >= 0.3 is 7.12 Å². The molecule has 0 saturated carbocycles. The van der Waals surface area contributed by atoms with Crippen molar-refractivity contribution >= 4 is 12.7 Å². The van der Waals surface area contributed by atoms with Crippen LogP contribution in [-0.2, 0) is 9.31 Å². The topological polar surface area (TPSA) is 18.5 Å². The van der Waals surface area contributed by atoms with Gasteiger partial charge in [-0.25, -0.2) is 0 Å². The molecule has 3 heteroatoms. The van der Waals surface area contributed by atoms with Crippen molar-refractivity contribution in [3.05, 3.63) is 76.8 Å². The SMILES string of the molecule is CC/C(B1OC(C)(C)C(C)(C)O1)=C(/c1ccccc1)c1ccc(C)cc1. The summed E-state index contributed by atoms with van der Waals surface area (Å²) in [4.78, 5) is 0. The van der Waals surface area contributed by atoms with E-state index in [2.05, 4.69) is 96.1 Å². The van der Waals surface area contributed by atoms with Crippen molar-refractivity contribution in [2.24, 2.45) is 0 Å². The van der Waals surface area contributed by atoms with Crippen molar-refractivity contribution in [1.82, 2.24) is 0 Å². The molecule has 1 aliphatic rings. The highest BCUT2D eigenvalue weighted by Gasteiger charge is 2.52. The van der Waals surface area contributed by atoms with Gasteiger partial charge in [0.1, 0.15) is 0 Å². The fraction of sp³-hybridized carbons (Fsp3) is 0.391. The molecule has 0 N–H and O–H groups in total. The molecule has 1 fully saturated rings. The second-order valence-corrected chi connectivity index (χ2v) is 8.07. The molecule has 1 heterocycles. The maximum atomic E-state index is 6.38. The van der Waals surface area contributed by atoms with Gasteiger partial charge in [-0.2, -0.15) is 0 Å². The van der Waals surface area contributed by atoms with Crippen molar-refractivity contribution < 1.29 is 9.31 Å². The Balaban J connectivity index is 2.16. The van der Waals surface area contributed by atoms with Gasteiger partial charge in [-0.15, -0.1) is 0 Å². The molecule has 0 unspecified atom stereocenters. The summed E-state index contributed by atoms with van der Waals surface area (Å²) in [5, 5.41) is 0. The van der Waals surface area contributed by atoms with Crippen molar-refractivity contribution in [2.45, 2.75) is 59.2 Å². The molecule has 0 amide bonds. The summed E-state index contributed by atoms with van der Waals surface area (Å²) in [6, 6.07) is 19.3. The van der Waals surface area contributed by atoms with E-state index in [9.17, 15) is 0 Å². The molecule has 136 valence electrons. The lowest BCUT2D eigenvalue weighted by molar-refractivity contribution is 0.00578.